The van der Waals surface area contributed by atoms with Crippen molar-refractivity contribution >= 4 is 37.7 Å². The Labute approximate surface area is 179 Å². The van der Waals surface area contributed by atoms with E-state index in [0.717, 1.165) is 34.4 Å². The first-order valence-electron chi connectivity index (χ1n) is 9.17. The van der Waals surface area contributed by atoms with E-state index >= 15 is 0 Å². The molecule has 1 aliphatic rings. The number of hydrogen-bond donors (Lipinski definition) is 0. The highest BCUT2D eigenvalue weighted by molar-refractivity contribution is 9.10. The van der Waals surface area contributed by atoms with E-state index in [9.17, 15) is 8.42 Å². The molecule has 5 nitrogen and oxygen atoms in total. The van der Waals surface area contributed by atoms with Crippen molar-refractivity contribution < 1.29 is 17.9 Å². The van der Waals surface area contributed by atoms with E-state index < -0.39 is 10.0 Å². The lowest BCUT2D eigenvalue weighted by atomic mass is 10.2. The van der Waals surface area contributed by atoms with Crippen molar-refractivity contribution in [2.24, 2.45) is 0 Å². The number of thioether (sulfide) groups is 1. The summed E-state index contributed by atoms with van der Waals surface area (Å²) in [6.45, 7) is 3.22. The van der Waals surface area contributed by atoms with Gasteiger partial charge in [0.2, 0.25) is 10.0 Å². The molecule has 28 heavy (non-hydrogen) atoms. The first-order valence-corrected chi connectivity index (χ1v) is 12.4. The van der Waals surface area contributed by atoms with Gasteiger partial charge in [-0.3, -0.25) is 0 Å². The largest absolute Gasteiger partial charge is 0.496 e. The fourth-order valence-electron chi connectivity index (χ4n) is 2.98. The van der Waals surface area contributed by atoms with Crippen molar-refractivity contribution in [2.45, 2.75) is 30.0 Å². The van der Waals surface area contributed by atoms with Gasteiger partial charge in [0.25, 0.3) is 0 Å². The summed E-state index contributed by atoms with van der Waals surface area (Å²) in [5, 5.41) is -0.257. The molecule has 8 heteroatoms. The van der Waals surface area contributed by atoms with E-state index in [4.69, 9.17) is 9.47 Å². The number of ether oxygens (including phenoxy) is 2. The molecular formula is C20H24BrNO4S2. The minimum absolute atomic E-state index is 0.257. The van der Waals surface area contributed by atoms with Crippen molar-refractivity contribution in [3.63, 3.8) is 0 Å². The van der Waals surface area contributed by atoms with Crippen molar-refractivity contribution in [2.75, 3.05) is 26.0 Å². The molecule has 152 valence electrons. The molecule has 1 aliphatic heterocycles. The molecule has 0 saturated carbocycles. The number of methoxy groups -OCH3 is 1. The molecule has 2 aromatic rings. The maximum absolute atomic E-state index is 13.2. The Hall–Kier alpha value is -1.22. The fraction of sp³-hybridized carbons (Fsp3) is 0.400. The Balaban J connectivity index is 1.81. The summed E-state index contributed by atoms with van der Waals surface area (Å²) >= 11 is 5.11. The zero-order valence-electron chi connectivity index (χ0n) is 15.9. The third-order valence-corrected chi connectivity index (χ3v) is 8.40. The van der Waals surface area contributed by atoms with Gasteiger partial charge in [-0.05, 0) is 64.3 Å². The third kappa shape index (κ3) is 4.67. The number of unbranched alkanes of at least 4 members (excludes halogenated alkanes) is 1. The van der Waals surface area contributed by atoms with Gasteiger partial charge in [0.15, 0.2) is 0 Å². The van der Waals surface area contributed by atoms with E-state index in [1.54, 1.807) is 47.4 Å². The molecule has 1 heterocycles. The van der Waals surface area contributed by atoms with Crippen LogP contribution in [0.1, 0.15) is 30.7 Å². The SMILES string of the molecule is CCCCOc1ccc(S(=O)(=O)N2CCS[C@H]2c2ccc(OC)c(Br)c2)cc1. The zero-order chi connectivity index (χ0) is 20.1. The van der Waals surface area contributed by atoms with Gasteiger partial charge in [-0.1, -0.05) is 19.4 Å². The molecule has 0 amide bonds. The second-order valence-corrected chi connectivity index (χ2v) is 10.3. The third-order valence-electron chi connectivity index (χ3n) is 4.51. The van der Waals surface area contributed by atoms with Crippen LogP contribution in [0.3, 0.4) is 0 Å². The van der Waals surface area contributed by atoms with E-state index in [0.29, 0.717) is 18.9 Å². The van der Waals surface area contributed by atoms with E-state index in [1.165, 1.54) is 0 Å². The van der Waals surface area contributed by atoms with Gasteiger partial charge in [-0.2, -0.15) is 4.31 Å². The number of hydrogen-bond acceptors (Lipinski definition) is 5. The van der Waals surface area contributed by atoms with E-state index in [1.807, 2.05) is 18.2 Å². The highest BCUT2D eigenvalue weighted by atomic mass is 79.9. The predicted molar refractivity (Wildman–Crippen MR) is 117 cm³/mol. The van der Waals surface area contributed by atoms with Crippen molar-refractivity contribution in [3.8, 4) is 11.5 Å². The summed E-state index contributed by atoms with van der Waals surface area (Å²) in [6.07, 6.45) is 2.03. The number of nitrogens with zero attached hydrogens (tertiary/aromatic N) is 1. The van der Waals surface area contributed by atoms with Crippen LogP contribution in [0.2, 0.25) is 0 Å². The van der Waals surface area contributed by atoms with Gasteiger partial charge in [0.05, 0.1) is 28.5 Å². The Kier molecular flexibility index (Phi) is 7.31. The molecule has 0 bridgehead atoms. The Morgan fingerprint density at radius 3 is 2.61 bits per heavy atom. The quantitative estimate of drug-likeness (QED) is 0.488. The number of benzene rings is 2. The molecule has 0 spiro atoms. The Morgan fingerprint density at radius 2 is 1.96 bits per heavy atom. The molecule has 0 radical (unpaired) electrons. The van der Waals surface area contributed by atoms with Gasteiger partial charge in [0.1, 0.15) is 11.5 Å². The molecular weight excluding hydrogens is 462 g/mol. The van der Waals surface area contributed by atoms with E-state index in [-0.39, 0.29) is 10.3 Å². The average molecular weight is 486 g/mol. The summed E-state index contributed by atoms with van der Waals surface area (Å²) in [4.78, 5) is 0.287. The second kappa shape index (κ2) is 9.52. The average Bonchev–Trinajstić information content (AvgIpc) is 3.19. The molecule has 0 unspecified atom stereocenters. The van der Waals surface area contributed by atoms with Crippen LogP contribution >= 0.6 is 27.7 Å². The monoisotopic (exact) mass is 485 g/mol. The van der Waals surface area contributed by atoms with Crippen LogP contribution in [0.5, 0.6) is 11.5 Å². The lowest BCUT2D eigenvalue weighted by Crippen LogP contribution is -2.30. The highest BCUT2D eigenvalue weighted by Gasteiger charge is 2.37. The number of rotatable bonds is 8. The van der Waals surface area contributed by atoms with Crippen LogP contribution in [0.4, 0.5) is 0 Å². The summed E-state index contributed by atoms with van der Waals surface area (Å²) in [7, 11) is -1.99. The van der Waals surface area contributed by atoms with Gasteiger partial charge >= 0.3 is 0 Å². The Bertz CT molecular complexity index is 903. The van der Waals surface area contributed by atoms with Crippen LogP contribution in [0.15, 0.2) is 51.8 Å². The summed E-state index contributed by atoms with van der Waals surface area (Å²) in [5.74, 6) is 2.17. The van der Waals surface area contributed by atoms with Gasteiger partial charge in [-0.25, -0.2) is 8.42 Å². The molecule has 3 rings (SSSR count). The predicted octanol–water partition coefficient (Wildman–Crippen LogP) is 5.07. The normalized spacial score (nSPS) is 17.6. The molecule has 0 aliphatic carbocycles. The van der Waals surface area contributed by atoms with Crippen LogP contribution in [0, 0.1) is 0 Å². The maximum Gasteiger partial charge on any atom is 0.244 e. The second-order valence-electron chi connectivity index (χ2n) is 6.41. The first-order chi connectivity index (χ1) is 13.5. The minimum atomic E-state index is -3.60. The first kappa shape index (κ1) is 21.5. The van der Waals surface area contributed by atoms with Crippen molar-refractivity contribution in [1.29, 1.82) is 0 Å². The van der Waals surface area contributed by atoms with Crippen LogP contribution < -0.4 is 9.47 Å². The smallest absolute Gasteiger partial charge is 0.244 e. The lowest BCUT2D eigenvalue weighted by molar-refractivity contribution is 0.309. The molecule has 1 fully saturated rings. The van der Waals surface area contributed by atoms with Crippen molar-refractivity contribution in [1.82, 2.24) is 4.31 Å². The topological polar surface area (TPSA) is 55.8 Å². The minimum Gasteiger partial charge on any atom is -0.496 e. The fourth-order valence-corrected chi connectivity index (χ4v) is 6.77. The standard InChI is InChI=1S/C20H24BrNO4S2/c1-3-4-12-26-16-6-8-17(9-7-16)28(23,24)22-11-13-27-20(22)15-5-10-19(25-2)18(21)14-15/h5-10,14,20H,3-4,11-13H2,1-2H3/t20-/m0/s1. The van der Waals surface area contributed by atoms with E-state index in [2.05, 4.69) is 22.9 Å². The highest BCUT2D eigenvalue weighted by Crippen LogP contribution is 2.43. The van der Waals surface area contributed by atoms with Gasteiger partial charge in [0, 0.05) is 12.3 Å². The number of sulfonamides is 1. The van der Waals surface area contributed by atoms with Crippen LogP contribution in [-0.2, 0) is 10.0 Å². The van der Waals surface area contributed by atoms with Crippen molar-refractivity contribution in [3.05, 3.63) is 52.5 Å². The summed E-state index contributed by atoms with van der Waals surface area (Å²) in [6, 6.07) is 12.4. The summed E-state index contributed by atoms with van der Waals surface area (Å²) < 4.78 is 39.8. The molecule has 2 aromatic carbocycles. The zero-order valence-corrected chi connectivity index (χ0v) is 19.1. The summed E-state index contributed by atoms with van der Waals surface area (Å²) in [5.41, 5.74) is 0.929. The Morgan fingerprint density at radius 1 is 1.21 bits per heavy atom. The lowest BCUT2D eigenvalue weighted by Gasteiger charge is -2.24. The molecule has 0 aromatic heterocycles. The van der Waals surface area contributed by atoms with Crippen LogP contribution in [-0.4, -0.2) is 38.7 Å². The molecule has 1 atom stereocenters. The molecule has 0 N–H and O–H groups in total. The van der Waals surface area contributed by atoms with Gasteiger partial charge in [-0.15, -0.1) is 11.8 Å². The molecule has 1 saturated heterocycles. The number of halogens is 1. The maximum atomic E-state index is 13.2. The van der Waals surface area contributed by atoms with Crippen LogP contribution in [0.25, 0.3) is 0 Å². The van der Waals surface area contributed by atoms with Gasteiger partial charge < -0.3 is 9.47 Å².